The molecule has 0 fully saturated rings. The Morgan fingerprint density at radius 2 is 2.09 bits per heavy atom. The molecule has 8 heteroatoms. The fourth-order valence-electron chi connectivity index (χ4n) is 3.73. The smallest absolute Gasteiger partial charge is 0.263 e. The molecule has 3 heterocycles. The number of aromatic nitrogens is 4. The topological polar surface area (TPSA) is 120 Å². The maximum absolute atomic E-state index is 11.9. The largest absolute Gasteiger partial charge is 0.496 e. The van der Waals surface area contributed by atoms with E-state index in [1.807, 2.05) is 25.1 Å². The average Bonchev–Trinajstić information content (AvgIpc) is 3.50. The van der Waals surface area contributed by atoms with Crippen LogP contribution in [0.15, 0.2) is 47.3 Å². The summed E-state index contributed by atoms with van der Waals surface area (Å²) in [5.41, 5.74) is 9.98. The summed E-state index contributed by atoms with van der Waals surface area (Å²) in [5.74, 6) is 1.58. The number of aryl methyl sites for hydroxylation is 1. The van der Waals surface area contributed by atoms with E-state index in [0.717, 1.165) is 65.1 Å². The second kappa shape index (κ2) is 9.74. The molecule has 0 radical (unpaired) electrons. The third-order valence-corrected chi connectivity index (χ3v) is 5.48. The Labute approximate surface area is 186 Å². The molecule has 3 N–H and O–H groups in total. The highest BCUT2D eigenvalue weighted by Crippen LogP contribution is 2.33. The molecule has 0 spiro atoms. The van der Waals surface area contributed by atoms with Gasteiger partial charge in [-0.3, -0.25) is 9.78 Å². The molecule has 0 bridgehead atoms. The van der Waals surface area contributed by atoms with Crippen molar-refractivity contribution in [2.45, 2.75) is 45.1 Å². The normalized spacial score (nSPS) is 12.2. The predicted molar refractivity (Wildman–Crippen MR) is 121 cm³/mol. The van der Waals surface area contributed by atoms with Crippen molar-refractivity contribution >= 4 is 16.7 Å². The number of rotatable bonds is 10. The zero-order chi connectivity index (χ0) is 22.5. The summed E-state index contributed by atoms with van der Waals surface area (Å²) in [4.78, 5) is 28.2. The number of Topliss-reactive ketones (excluding diaryl/α,β-unsaturated/α-hetero) is 1. The van der Waals surface area contributed by atoms with Gasteiger partial charge in [0.1, 0.15) is 17.8 Å². The van der Waals surface area contributed by atoms with Crippen LogP contribution in [-0.2, 0) is 0 Å². The van der Waals surface area contributed by atoms with E-state index in [-0.39, 0.29) is 17.7 Å². The van der Waals surface area contributed by atoms with Crippen molar-refractivity contribution < 1.29 is 13.9 Å². The zero-order valence-electron chi connectivity index (χ0n) is 18.3. The molecule has 1 aromatic carbocycles. The lowest BCUT2D eigenvalue weighted by Crippen LogP contribution is -2.12. The first-order valence-corrected chi connectivity index (χ1v) is 10.7. The fourth-order valence-corrected chi connectivity index (χ4v) is 3.73. The third-order valence-electron chi connectivity index (χ3n) is 5.48. The van der Waals surface area contributed by atoms with Gasteiger partial charge in [-0.1, -0.05) is 18.9 Å². The molecule has 4 rings (SSSR count). The highest BCUT2D eigenvalue weighted by atomic mass is 16.5. The molecule has 0 aliphatic carbocycles. The number of fused-ring (bicyclic) bond motifs is 1. The van der Waals surface area contributed by atoms with Gasteiger partial charge in [0.2, 0.25) is 5.78 Å². The van der Waals surface area contributed by atoms with E-state index < -0.39 is 0 Å². The van der Waals surface area contributed by atoms with Crippen LogP contribution in [0.3, 0.4) is 0 Å². The van der Waals surface area contributed by atoms with Gasteiger partial charge in [0.15, 0.2) is 0 Å². The summed E-state index contributed by atoms with van der Waals surface area (Å²) in [6.45, 7) is 1.97. The van der Waals surface area contributed by atoms with Gasteiger partial charge in [0.05, 0.1) is 36.8 Å². The number of carbonyl (C=O) groups excluding carboxylic acids is 1. The van der Waals surface area contributed by atoms with Gasteiger partial charge in [-0.2, -0.15) is 0 Å². The molecule has 32 heavy (non-hydrogen) atoms. The second-order valence-electron chi connectivity index (χ2n) is 7.85. The quantitative estimate of drug-likeness (QED) is 0.273. The van der Waals surface area contributed by atoms with Crippen LogP contribution in [0.1, 0.15) is 60.3 Å². The van der Waals surface area contributed by atoms with Crippen molar-refractivity contribution in [3.8, 4) is 17.0 Å². The summed E-state index contributed by atoms with van der Waals surface area (Å²) in [7, 11) is 1.65. The molecule has 0 saturated heterocycles. The highest BCUT2D eigenvalue weighted by Gasteiger charge is 2.15. The van der Waals surface area contributed by atoms with Crippen LogP contribution in [-0.4, -0.2) is 32.8 Å². The summed E-state index contributed by atoms with van der Waals surface area (Å²) < 4.78 is 10.6. The molecule has 1 atom stereocenters. The summed E-state index contributed by atoms with van der Waals surface area (Å²) in [6.07, 6.45) is 8.47. The number of nitrogens with zero attached hydrogens (tertiary/aromatic N) is 3. The number of oxazole rings is 1. The number of methoxy groups -OCH3 is 1. The van der Waals surface area contributed by atoms with E-state index in [1.54, 1.807) is 13.3 Å². The number of H-pyrrole nitrogens is 1. The number of pyridine rings is 1. The first-order chi connectivity index (χ1) is 15.5. The number of ether oxygens (including phenoxy) is 1. The molecule has 0 aliphatic rings. The van der Waals surface area contributed by atoms with Crippen LogP contribution in [0, 0.1) is 6.92 Å². The Kier molecular flexibility index (Phi) is 6.61. The van der Waals surface area contributed by atoms with Crippen LogP contribution in [0.5, 0.6) is 5.75 Å². The van der Waals surface area contributed by atoms with Crippen molar-refractivity contribution in [1.82, 2.24) is 19.9 Å². The number of unbranched alkanes of at least 4 members (excludes halogenated alkanes) is 2. The third kappa shape index (κ3) is 4.86. The summed E-state index contributed by atoms with van der Waals surface area (Å²) in [5, 5.41) is 1.03. The van der Waals surface area contributed by atoms with E-state index in [2.05, 4.69) is 26.0 Å². The minimum absolute atomic E-state index is 0.0651. The van der Waals surface area contributed by atoms with Crippen molar-refractivity contribution in [1.29, 1.82) is 0 Å². The van der Waals surface area contributed by atoms with Gasteiger partial charge in [-0.25, -0.2) is 9.97 Å². The van der Waals surface area contributed by atoms with E-state index in [9.17, 15) is 4.79 Å². The lowest BCUT2D eigenvalue weighted by atomic mass is 10.1. The van der Waals surface area contributed by atoms with Crippen LogP contribution < -0.4 is 10.5 Å². The van der Waals surface area contributed by atoms with E-state index in [4.69, 9.17) is 14.9 Å². The molecule has 166 valence electrons. The molecule has 0 amide bonds. The molecular weight excluding hydrogens is 406 g/mol. The van der Waals surface area contributed by atoms with Crippen LogP contribution in [0.25, 0.3) is 22.2 Å². The maximum atomic E-state index is 11.9. The van der Waals surface area contributed by atoms with Crippen LogP contribution >= 0.6 is 0 Å². The van der Waals surface area contributed by atoms with Gasteiger partial charge < -0.3 is 19.9 Å². The Morgan fingerprint density at radius 1 is 1.22 bits per heavy atom. The van der Waals surface area contributed by atoms with E-state index in [0.29, 0.717) is 6.42 Å². The zero-order valence-corrected chi connectivity index (χ0v) is 18.3. The van der Waals surface area contributed by atoms with Crippen LogP contribution in [0.2, 0.25) is 0 Å². The van der Waals surface area contributed by atoms with Gasteiger partial charge in [0, 0.05) is 29.1 Å². The monoisotopic (exact) mass is 433 g/mol. The molecule has 4 aromatic rings. The van der Waals surface area contributed by atoms with Crippen molar-refractivity contribution in [3.63, 3.8) is 0 Å². The number of nitrogens with one attached hydrogen (secondary N) is 1. The van der Waals surface area contributed by atoms with Gasteiger partial charge in [-0.05, 0) is 31.9 Å². The molecule has 3 aromatic heterocycles. The number of aromatic amines is 1. The van der Waals surface area contributed by atoms with Crippen LogP contribution in [0.4, 0.5) is 0 Å². The first kappa shape index (κ1) is 21.7. The number of hydrogen-bond acceptors (Lipinski definition) is 7. The molecular formula is C24H27N5O3. The fraction of sp³-hybridized carbons (Fsp3) is 0.333. The summed E-state index contributed by atoms with van der Waals surface area (Å²) in [6, 6.07) is 7.83. The summed E-state index contributed by atoms with van der Waals surface area (Å²) >= 11 is 0. The standard InChI is InChI=1S/C24H27N5O3/c1-15-8-9-16-12-17(22(31-2)13-19(16)28-15)20-14-27-23(29-20)18(25)6-4-3-5-7-21(30)24-26-10-11-32-24/h8-14,18H,3-7,25H2,1-2H3,(H,27,29). The van der Waals surface area contributed by atoms with Gasteiger partial charge >= 0.3 is 0 Å². The number of benzene rings is 1. The molecule has 0 aliphatic heterocycles. The first-order valence-electron chi connectivity index (χ1n) is 10.7. The van der Waals surface area contributed by atoms with Crippen molar-refractivity contribution in [2.24, 2.45) is 5.73 Å². The lowest BCUT2D eigenvalue weighted by molar-refractivity contribution is 0.0945. The van der Waals surface area contributed by atoms with Gasteiger partial charge in [-0.15, -0.1) is 0 Å². The predicted octanol–water partition coefficient (Wildman–Crippen LogP) is 4.76. The van der Waals surface area contributed by atoms with E-state index in [1.165, 1.54) is 12.5 Å². The lowest BCUT2D eigenvalue weighted by Gasteiger charge is -2.10. The number of ketones is 1. The number of imidazole rings is 1. The molecule has 8 nitrogen and oxygen atoms in total. The second-order valence-corrected chi connectivity index (χ2v) is 7.85. The number of hydrogen-bond donors (Lipinski definition) is 2. The highest BCUT2D eigenvalue weighted by molar-refractivity contribution is 5.91. The minimum atomic E-state index is -0.207. The maximum Gasteiger partial charge on any atom is 0.263 e. The minimum Gasteiger partial charge on any atom is -0.496 e. The molecule has 0 saturated carbocycles. The van der Waals surface area contributed by atoms with E-state index >= 15 is 0 Å². The Bertz CT molecular complexity index is 1200. The number of nitrogens with two attached hydrogens (primary N) is 1. The van der Waals surface area contributed by atoms with Crippen molar-refractivity contribution in [3.05, 3.63) is 60.3 Å². The molecule has 1 unspecified atom stereocenters. The Morgan fingerprint density at radius 3 is 2.88 bits per heavy atom. The average molecular weight is 434 g/mol. The Balaban J connectivity index is 1.36. The van der Waals surface area contributed by atoms with Crippen molar-refractivity contribution in [2.75, 3.05) is 7.11 Å². The SMILES string of the molecule is COc1cc2nc(C)ccc2cc1-c1cnc(C(N)CCCCCC(=O)c2ncco2)[nH]1. The number of carbonyl (C=O) groups is 1. The van der Waals surface area contributed by atoms with Gasteiger partial charge in [0.25, 0.3) is 5.89 Å². The Hall–Kier alpha value is -3.52.